The predicted molar refractivity (Wildman–Crippen MR) is 108 cm³/mol. The van der Waals surface area contributed by atoms with Crippen molar-refractivity contribution >= 4 is 23.6 Å². The summed E-state index contributed by atoms with van der Waals surface area (Å²) in [6.45, 7) is 3.91. The number of nitrogens with one attached hydrogen (secondary N) is 1. The largest absolute Gasteiger partial charge is 0.465 e. The lowest BCUT2D eigenvalue weighted by Crippen LogP contribution is -2.25. The van der Waals surface area contributed by atoms with Crippen molar-refractivity contribution in [1.29, 1.82) is 0 Å². The molecule has 1 aromatic heterocycles. The minimum Gasteiger partial charge on any atom is -0.465 e. The maximum atomic E-state index is 12.9. The highest BCUT2D eigenvalue weighted by molar-refractivity contribution is 5.97. The van der Waals surface area contributed by atoms with E-state index >= 15 is 0 Å². The monoisotopic (exact) mass is 375 g/mol. The fourth-order valence-electron chi connectivity index (χ4n) is 2.85. The Kier molecular flexibility index (Phi) is 6.07. The molecule has 0 radical (unpaired) electrons. The van der Waals surface area contributed by atoms with Crippen LogP contribution in [-0.2, 0) is 14.3 Å². The molecule has 1 amide bonds. The topological polar surface area (TPSA) is 68.5 Å². The second kappa shape index (κ2) is 8.86. The van der Waals surface area contributed by atoms with E-state index < -0.39 is 18.0 Å². The summed E-state index contributed by atoms with van der Waals surface area (Å²) in [5.74, 6) is -0.537. The Hall–Kier alpha value is -3.60. The number of hydrogen-bond donors (Lipinski definition) is 1. The highest BCUT2D eigenvalue weighted by Gasteiger charge is 2.24. The van der Waals surface area contributed by atoms with Crippen LogP contribution in [0.15, 0.2) is 77.4 Å². The van der Waals surface area contributed by atoms with Crippen molar-refractivity contribution in [3.8, 4) is 0 Å². The van der Waals surface area contributed by atoms with Gasteiger partial charge in [-0.2, -0.15) is 0 Å². The maximum Gasteiger partial charge on any atom is 0.332 e. The van der Waals surface area contributed by atoms with Gasteiger partial charge in [-0.15, -0.1) is 0 Å². The van der Waals surface area contributed by atoms with Crippen LogP contribution in [0.4, 0.5) is 5.69 Å². The first kappa shape index (κ1) is 19.2. The first-order valence-corrected chi connectivity index (χ1v) is 8.87. The number of amides is 1. The Morgan fingerprint density at radius 1 is 1.00 bits per heavy atom. The number of hydrogen-bond acceptors (Lipinski definition) is 4. The van der Waals surface area contributed by atoms with Crippen molar-refractivity contribution < 1.29 is 18.7 Å². The van der Waals surface area contributed by atoms with E-state index in [0.29, 0.717) is 17.0 Å². The van der Waals surface area contributed by atoms with Crippen LogP contribution < -0.4 is 5.32 Å². The van der Waals surface area contributed by atoms with Crippen molar-refractivity contribution in [1.82, 2.24) is 0 Å². The van der Waals surface area contributed by atoms with Crippen molar-refractivity contribution in [2.75, 3.05) is 5.32 Å². The van der Waals surface area contributed by atoms with Gasteiger partial charge in [0, 0.05) is 17.3 Å². The number of carbonyl (C=O) groups excluding carboxylic acids is 2. The number of rotatable bonds is 6. The first-order chi connectivity index (χ1) is 13.5. The number of furan rings is 1. The smallest absolute Gasteiger partial charge is 0.332 e. The van der Waals surface area contributed by atoms with Crippen LogP contribution in [-0.4, -0.2) is 11.9 Å². The number of benzene rings is 2. The van der Waals surface area contributed by atoms with Gasteiger partial charge in [0.05, 0.1) is 6.26 Å². The second-order valence-corrected chi connectivity index (χ2v) is 6.44. The van der Waals surface area contributed by atoms with Crippen LogP contribution in [0.1, 0.15) is 28.6 Å². The molecule has 0 aliphatic carbocycles. The molecule has 1 heterocycles. The third-order valence-electron chi connectivity index (χ3n) is 3.99. The summed E-state index contributed by atoms with van der Waals surface area (Å²) in [5.41, 5.74) is 3.31. The molecule has 142 valence electrons. The second-order valence-electron chi connectivity index (χ2n) is 6.44. The summed E-state index contributed by atoms with van der Waals surface area (Å²) in [5, 5.41) is 2.84. The van der Waals surface area contributed by atoms with E-state index in [1.165, 1.54) is 18.4 Å². The van der Waals surface area contributed by atoms with E-state index in [1.54, 1.807) is 36.4 Å². The van der Waals surface area contributed by atoms with E-state index in [2.05, 4.69) is 5.32 Å². The number of aryl methyl sites for hydroxylation is 2. The quantitative estimate of drug-likeness (QED) is 0.495. The van der Waals surface area contributed by atoms with Crippen LogP contribution in [0.2, 0.25) is 0 Å². The minimum atomic E-state index is -1.07. The summed E-state index contributed by atoms with van der Waals surface area (Å²) in [7, 11) is 0. The lowest BCUT2D eigenvalue weighted by atomic mass is 10.1. The number of anilines is 1. The molecule has 5 heteroatoms. The van der Waals surface area contributed by atoms with Gasteiger partial charge < -0.3 is 14.5 Å². The molecular formula is C23H21NO4. The molecule has 0 aliphatic rings. The summed E-state index contributed by atoms with van der Waals surface area (Å²) in [6, 6.07) is 18.1. The van der Waals surface area contributed by atoms with Gasteiger partial charge in [-0.25, -0.2) is 4.79 Å². The van der Waals surface area contributed by atoms with E-state index in [-0.39, 0.29) is 0 Å². The molecule has 1 N–H and O–H groups in total. The summed E-state index contributed by atoms with van der Waals surface area (Å²) in [6.07, 6.45) is 3.16. The van der Waals surface area contributed by atoms with Gasteiger partial charge in [-0.1, -0.05) is 36.4 Å². The number of esters is 1. The highest BCUT2D eigenvalue weighted by Crippen LogP contribution is 2.22. The van der Waals surface area contributed by atoms with Crippen LogP contribution in [0, 0.1) is 13.8 Å². The van der Waals surface area contributed by atoms with E-state index in [4.69, 9.17) is 9.15 Å². The van der Waals surface area contributed by atoms with E-state index in [0.717, 1.165) is 11.1 Å². The molecule has 0 saturated carbocycles. The normalized spacial score (nSPS) is 11.9. The average molecular weight is 375 g/mol. The van der Waals surface area contributed by atoms with Crippen molar-refractivity contribution in [3.63, 3.8) is 0 Å². The third-order valence-corrected chi connectivity index (χ3v) is 3.99. The molecule has 0 bridgehead atoms. The number of carbonyl (C=O) groups is 2. The Labute approximate surface area is 163 Å². The first-order valence-electron chi connectivity index (χ1n) is 8.87. The Balaban J connectivity index is 1.78. The van der Waals surface area contributed by atoms with Gasteiger partial charge in [0.25, 0.3) is 5.91 Å². The van der Waals surface area contributed by atoms with Crippen molar-refractivity contribution in [2.45, 2.75) is 20.0 Å². The molecule has 3 rings (SSSR count). The zero-order valence-electron chi connectivity index (χ0n) is 15.7. The summed E-state index contributed by atoms with van der Waals surface area (Å²) >= 11 is 0. The molecule has 28 heavy (non-hydrogen) atoms. The minimum absolute atomic E-state index is 0.420. The maximum absolute atomic E-state index is 12.9. The van der Waals surface area contributed by atoms with Gasteiger partial charge in [0.15, 0.2) is 0 Å². The predicted octanol–water partition coefficient (Wildman–Crippen LogP) is 4.83. The van der Waals surface area contributed by atoms with Gasteiger partial charge in [0.2, 0.25) is 6.10 Å². The number of ether oxygens (including phenoxy) is 1. The molecular weight excluding hydrogens is 354 g/mol. The summed E-state index contributed by atoms with van der Waals surface area (Å²) in [4.78, 5) is 25.1. The Bertz CT molecular complexity index is 955. The van der Waals surface area contributed by atoms with Crippen LogP contribution in [0.25, 0.3) is 6.08 Å². The zero-order valence-corrected chi connectivity index (χ0v) is 15.7. The Morgan fingerprint density at radius 3 is 2.36 bits per heavy atom. The van der Waals surface area contributed by atoms with Crippen molar-refractivity contribution in [2.24, 2.45) is 0 Å². The Morgan fingerprint density at radius 2 is 1.71 bits per heavy atom. The van der Waals surface area contributed by atoms with Crippen molar-refractivity contribution in [3.05, 3.63) is 95.5 Å². The van der Waals surface area contributed by atoms with E-state index in [9.17, 15) is 9.59 Å². The standard InChI is InChI=1S/C23H21NO4/c1-16-13-17(2)15-19(14-16)24-23(26)22(18-7-4-3-5-8-18)28-21(25)11-10-20-9-6-12-27-20/h3-15,22H,1-2H3,(H,24,26). The molecule has 0 saturated heterocycles. The SMILES string of the molecule is Cc1cc(C)cc(NC(=O)C(OC(=O)C=Cc2ccco2)c2ccccc2)c1. The van der Waals surface area contributed by atoms with Crippen LogP contribution in [0.5, 0.6) is 0 Å². The summed E-state index contributed by atoms with van der Waals surface area (Å²) < 4.78 is 10.6. The lowest BCUT2D eigenvalue weighted by molar-refractivity contribution is -0.149. The van der Waals surface area contributed by atoms with Gasteiger partial charge in [-0.3, -0.25) is 4.79 Å². The molecule has 1 unspecified atom stereocenters. The lowest BCUT2D eigenvalue weighted by Gasteiger charge is -2.17. The molecule has 0 spiro atoms. The van der Waals surface area contributed by atoms with Gasteiger partial charge in [-0.05, 0) is 55.3 Å². The fourth-order valence-corrected chi connectivity index (χ4v) is 2.85. The van der Waals surface area contributed by atoms with Crippen LogP contribution in [0.3, 0.4) is 0 Å². The molecule has 2 aromatic carbocycles. The average Bonchev–Trinajstić information content (AvgIpc) is 3.18. The molecule has 0 aliphatic heterocycles. The molecule has 0 fully saturated rings. The van der Waals surface area contributed by atoms with E-state index in [1.807, 2.05) is 38.1 Å². The van der Waals surface area contributed by atoms with Gasteiger partial charge in [0.1, 0.15) is 5.76 Å². The fraction of sp³-hybridized carbons (Fsp3) is 0.130. The third kappa shape index (κ3) is 5.20. The highest BCUT2D eigenvalue weighted by atomic mass is 16.5. The molecule has 3 aromatic rings. The molecule has 5 nitrogen and oxygen atoms in total. The molecule has 1 atom stereocenters. The zero-order chi connectivity index (χ0) is 19.9. The van der Waals surface area contributed by atoms with Gasteiger partial charge >= 0.3 is 5.97 Å². The van der Waals surface area contributed by atoms with Crippen LogP contribution >= 0.6 is 0 Å².